The first-order chi connectivity index (χ1) is 12.2. The number of nitrogens with one attached hydrogen (secondary N) is 1. The predicted octanol–water partition coefficient (Wildman–Crippen LogP) is 3.13. The van der Waals surface area contributed by atoms with Crippen molar-refractivity contribution in [2.24, 2.45) is 5.92 Å². The number of nitrogens with zero attached hydrogens (tertiary/aromatic N) is 2. The number of rotatable bonds is 5. The van der Waals surface area contributed by atoms with E-state index in [0.717, 1.165) is 26.4 Å². The molecule has 7 heteroatoms. The molecule has 3 fully saturated rings. The lowest BCUT2D eigenvalue weighted by molar-refractivity contribution is 0.0620. The Hall–Kier alpha value is -1.57. The Morgan fingerprint density at radius 1 is 1.32 bits per heavy atom. The van der Waals surface area contributed by atoms with Crippen LogP contribution in [0.3, 0.4) is 0 Å². The third kappa shape index (κ3) is 3.83. The Kier molecular flexibility index (Phi) is 4.96. The monoisotopic (exact) mass is 375 g/mol. The fourth-order valence-electron chi connectivity index (χ4n) is 3.54. The number of hydrogen-bond acceptors (Lipinski definition) is 6. The molecule has 1 aromatic heterocycles. The number of carbonyl (C=O) groups is 1. The molecule has 3 aliphatic heterocycles. The van der Waals surface area contributed by atoms with Crippen molar-refractivity contribution in [1.29, 1.82) is 0 Å². The fraction of sp³-hybridized carbons (Fsp3) is 0.444. The van der Waals surface area contributed by atoms with Gasteiger partial charge in [0.25, 0.3) is 5.91 Å². The zero-order chi connectivity index (χ0) is 17.2. The molecule has 3 aliphatic rings. The first kappa shape index (κ1) is 16.9. The summed E-state index contributed by atoms with van der Waals surface area (Å²) in [5, 5.41) is 4.03. The van der Waals surface area contributed by atoms with Crippen molar-refractivity contribution < 1.29 is 9.53 Å². The van der Waals surface area contributed by atoms with Gasteiger partial charge in [-0.3, -0.25) is 4.79 Å². The van der Waals surface area contributed by atoms with Gasteiger partial charge in [0.2, 0.25) is 0 Å². The molecule has 0 unspecified atom stereocenters. The van der Waals surface area contributed by atoms with Gasteiger partial charge in [0.1, 0.15) is 0 Å². The molecule has 132 valence electrons. The number of piperidine rings is 3. The van der Waals surface area contributed by atoms with Gasteiger partial charge in [-0.1, -0.05) is 23.1 Å². The molecule has 1 amide bonds. The van der Waals surface area contributed by atoms with E-state index in [0.29, 0.717) is 12.0 Å². The Labute approximate surface area is 155 Å². The van der Waals surface area contributed by atoms with Gasteiger partial charge in [0, 0.05) is 23.0 Å². The third-order valence-corrected chi connectivity index (χ3v) is 7.00. The van der Waals surface area contributed by atoms with E-state index in [1.54, 1.807) is 25.1 Å². The first-order valence-corrected chi connectivity index (χ1v) is 10.2. The Morgan fingerprint density at radius 3 is 2.68 bits per heavy atom. The van der Waals surface area contributed by atoms with Crippen LogP contribution < -0.4 is 10.1 Å². The molecule has 4 heterocycles. The van der Waals surface area contributed by atoms with Crippen LogP contribution in [0.2, 0.25) is 0 Å². The van der Waals surface area contributed by atoms with Crippen molar-refractivity contribution in [2.45, 2.75) is 28.1 Å². The highest BCUT2D eigenvalue weighted by Crippen LogP contribution is 2.34. The minimum Gasteiger partial charge on any atom is -0.486 e. The van der Waals surface area contributed by atoms with Gasteiger partial charge in [-0.05, 0) is 56.1 Å². The molecule has 1 N–H and O–H groups in total. The standard InChI is InChI=1S/C18H21N3O2S2/c1-23-16-10-19-18(25-16)24-14-4-2-13(3-5-14)17(22)20-15-11-21-8-6-12(15)7-9-21/h2-5,10,12,15H,6-9,11H2,1H3,(H,20,22)/t15-/m0/s1. The number of amides is 1. The number of aromatic nitrogens is 1. The Morgan fingerprint density at radius 2 is 2.08 bits per heavy atom. The number of benzene rings is 1. The van der Waals surface area contributed by atoms with Crippen LogP contribution >= 0.6 is 23.1 Å². The highest BCUT2D eigenvalue weighted by Gasteiger charge is 2.34. The molecule has 0 saturated carbocycles. The zero-order valence-electron chi connectivity index (χ0n) is 14.1. The summed E-state index contributed by atoms with van der Waals surface area (Å²) in [5.74, 6) is 0.676. The van der Waals surface area contributed by atoms with Crippen molar-refractivity contribution in [2.75, 3.05) is 26.7 Å². The lowest BCUT2D eigenvalue weighted by atomic mass is 9.84. The number of hydrogen-bond donors (Lipinski definition) is 1. The van der Waals surface area contributed by atoms with Gasteiger partial charge in [-0.15, -0.1) is 0 Å². The van der Waals surface area contributed by atoms with E-state index in [4.69, 9.17) is 4.74 Å². The highest BCUT2D eigenvalue weighted by atomic mass is 32.2. The first-order valence-electron chi connectivity index (χ1n) is 8.52. The van der Waals surface area contributed by atoms with Crippen LogP contribution in [0.5, 0.6) is 5.06 Å². The largest absolute Gasteiger partial charge is 0.486 e. The third-order valence-electron chi connectivity index (χ3n) is 4.96. The van der Waals surface area contributed by atoms with Gasteiger partial charge in [-0.2, -0.15) is 0 Å². The molecular weight excluding hydrogens is 354 g/mol. The van der Waals surface area contributed by atoms with Crippen LogP contribution in [0.4, 0.5) is 0 Å². The quantitative estimate of drug-likeness (QED) is 0.870. The van der Waals surface area contributed by atoms with E-state index >= 15 is 0 Å². The van der Waals surface area contributed by atoms with Gasteiger partial charge >= 0.3 is 0 Å². The van der Waals surface area contributed by atoms with E-state index in [1.807, 2.05) is 24.3 Å². The normalized spacial score (nSPS) is 24.9. The molecule has 2 aromatic rings. The van der Waals surface area contributed by atoms with Crippen molar-refractivity contribution in [3.8, 4) is 5.06 Å². The second-order valence-electron chi connectivity index (χ2n) is 6.49. The lowest BCUT2D eigenvalue weighted by Gasteiger charge is -2.44. The van der Waals surface area contributed by atoms with Crippen molar-refractivity contribution in [3.05, 3.63) is 36.0 Å². The molecule has 0 aliphatic carbocycles. The number of carbonyl (C=O) groups excluding carboxylic acids is 1. The van der Waals surface area contributed by atoms with E-state index in [9.17, 15) is 4.79 Å². The van der Waals surface area contributed by atoms with Crippen LogP contribution in [0.1, 0.15) is 23.2 Å². The predicted molar refractivity (Wildman–Crippen MR) is 99.6 cm³/mol. The summed E-state index contributed by atoms with van der Waals surface area (Å²) in [5.41, 5.74) is 0.720. The molecule has 5 rings (SSSR count). The Bertz CT molecular complexity index is 739. The van der Waals surface area contributed by atoms with Gasteiger partial charge in [-0.25, -0.2) is 4.98 Å². The molecule has 0 radical (unpaired) electrons. The fourth-order valence-corrected chi connectivity index (χ4v) is 5.29. The van der Waals surface area contributed by atoms with E-state index in [2.05, 4.69) is 15.2 Å². The summed E-state index contributed by atoms with van der Waals surface area (Å²) >= 11 is 3.09. The average Bonchev–Trinajstić information content (AvgIpc) is 3.11. The minimum absolute atomic E-state index is 0.0335. The number of fused-ring (bicyclic) bond motifs is 3. The number of ether oxygens (including phenoxy) is 1. The summed E-state index contributed by atoms with van der Waals surface area (Å²) in [6.45, 7) is 3.37. The van der Waals surface area contributed by atoms with E-state index in [-0.39, 0.29) is 5.91 Å². The summed E-state index contributed by atoms with van der Waals surface area (Å²) in [6, 6.07) is 8.04. The summed E-state index contributed by atoms with van der Waals surface area (Å²) in [4.78, 5) is 20.4. The van der Waals surface area contributed by atoms with Crippen molar-refractivity contribution >= 4 is 29.0 Å². The van der Waals surface area contributed by atoms with Crippen LogP contribution in [0.15, 0.2) is 39.7 Å². The van der Waals surface area contributed by atoms with Crippen LogP contribution in [-0.2, 0) is 0 Å². The molecule has 1 aromatic carbocycles. The van der Waals surface area contributed by atoms with Crippen molar-refractivity contribution in [3.63, 3.8) is 0 Å². The molecule has 25 heavy (non-hydrogen) atoms. The van der Waals surface area contributed by atoms with Gasteiger partial charge < -0.3 is 15.0 Å². The molecule has 3 saturated heterocycles. The molecular formula is C18H21N3O2S2. The minimum atomic E-state index is 0.0335. The summed E-state index contributed by atoms with van der Waals surface area (Å²) in [6.07, 6.45) is 4.14. The van der Waals surface area contributed by atoms with Gasteiger partial charge in [0.05, 0.1) is 13.3 Å². The SMILES string of the molecule is COc1cnc(Sc2ccc(C(=O)N[C@H]3CN4CCC3CC4)cc2)s1. The maximum absolute atomic E-state index is 12.5. The topological polar surface area (TPSA) is 54.5 Å². The molecule has 5 nitrogen and oxygen atoms in total. The maximum atomic E-state index is 12.5. The lowest BCUT2D eigenvalue weighted by Crippen LogP contribution is -2.57. The number of methoxy groups -OCH3 is 1. The van der Waals surface area contributed by atoms with Crippen LogP contribution in [0, 0.1) is 5.92 Å². The van der Waals surface area contributed by atoms with Crippen LogP contribution in [0.25, 0.3) is 0 Å². The molecule has 2 bridgehead atoms. The highest BCUT2D eigenvalue weighted by molar-refractivity contribution is 8.01. The zero-order valence-corrected chi connectivity index (χ0v) is 15.7. The summed E-state index contributed by atoms with van der Waals surface area (Å²) < 4.78 is 6.09. The Balaban J connectivity index is 1.37. The number of thiazole rings is 1. The maximum Gasteiger partial charge on any atom is 0.251 e. The summed E-state index contributed by atoms with van der Waals surface area (Å²) in [7, 11) is 1.64. The molecule has 0 spiro atoms. The molecule has 1 atom stereocenters. The second-order valence-corrected chi connectivity index (χ2v) is 8.81. The van der Waals surface area contributed by atoms with Crippen molar-refractivity contribution in [1.82, 2.24) is 15.2 Å². The van der Waals surface area contributed by atoms with E-state index < -0.39 is 0 Å². The van der Waals surface area contributed by atoms with Gasteiger partial charge in [0.15, 0.2) is 9.40 Å². The second kappa shape index (κ2) is 7.35. The smallest absolute Gasteiger partial charge is 0.251 e. The average molecular weight is 376 g/mol. The van der Waals surface area contributed by atoms with Crippen LogP contribution in [-0.4, -0.2) is 48.6 Å². The van der Waals surface area contributed by atoms with E-state index in [1.165, 1.54) is 37.3 Å².